The summed E-state index contributed by atoms with van der Waals surface area (Å²) < 4.78 is 5.35. The minimum Gasteiger partial charge on any atom is -0.496 e. The molecule has 3 aromatic rings. The first kappa shape index (κ1) is 13.5. The van der Waals surface area contributed by atoms with E-state index in [-0.39, 0.29) is 0 Å². The van der Waals surface area contributed by atoms with Crippen LogP contribution in [-0.4, -0.2) is 34.5 Å². The first-order chi connectivity index (χ1) is 10.2. The van der Waals surface area contributed by atoms with E-state index in [1.807, 2.05) is 24.3 Å². The van der Waals surface area contributed by atoms with Gasteiger partial charge < -0.3 is 14.8 Å². The SMILES string of the molecule is COc1ccc(B(O)O)cc1-c1ccc2ccnnc2c1. The van der Waals surface area contributed by atoms with Gasteiger partial charge in [0.1, 0.15) is 5.75 Å². The number of fused-ring (bicyclic) bond motifs is 1. The van der Waals surface area contributed by atoms with Gasteiger partial charge in [0.15, 0.2) is 0 Å². The van der Waals surface area contributed by atoms with E-state index >= 15 is 0 Å². The Balaban J connectivity index is 2.18. The Morgan fingerprint density at radius 1 is 1.05 bits per heavy atom. The largest absolute Gasteiger partial charge is 0.496 e. The zero-order valence-corrected chi connectivity index (χ0v) is 11.4. The number of benzene rings is 2. The van der Waals surface area contributed by atoms with Gasteiger partial charge in [-0.15, -0.1) is 0 Å². The quantitative estimate of drug-likeness (QED) is 0.700. The summed E-state index contributed by atoms with van der Waals surface area (Å²) in [6, 6.07) is 12.7. The zero-order valence-electron chi connectivity index (χ0n) is 11.4. The van der Waals surface area contributed by atoms with Crippen LogP contribution in [0.2, 0.25) is 0 Å². The number of methoxy groups -OCH3 is 1. The summed E-state index contributed by atoms with van der Waals surface area (Å²) in [4.78, 5) is 0. The fourth-order valence-electron chi connectivity index (χ4n) is 2.26. The highest BCUT2D eigenvalue weighted by atomic mass is 16.5. The highest BCUT2D eigenvalue weighted by molar-refractivity contribution is 6.58. The van der Waals surface area contributed by atoms with Crippen LogP contribution in [0.3, 0.4) is 0 Å². The van der Waals surface area contributed by atoms with Gasteiger partial charge in [-0.1, -0.05) is 24.3 Å². The molecule has 5 nitrogen and oxygen atoms in total. The molecule has 6 heteroatoms. The van der Waals surface area contributed by atoms with Crippen molar-refractivity contribution in [1.29, 1.82) is 0 Å². The Hall–Kier alpha value is -2.44. The molecule has 0 atom stereocenters. The maximum Gasteiger partial charge on any atom is 0.488 e. The Bertz CT molecular complexity index is 793. The molecule has 0 unspecified atom stereocenters. The summed E-state index contributed by atoms with van der Waals surface area (Å²) in [6.45, 7) is 0. The van der Waals surface area contributed by atoms with Crippen LogP contribution < -0.4 is 10.2 Å². The molecule has 0 radical (unpaired) electrons. The predicted molar refractivity (Wildman–Crippen MR) is 81.4 cm³/mol. The Kier molecular flexibility index (Phi) is 3.56. The van der Waals surface area contributed by atoms with E-state index in [4.69, 9.17) is 4.74 Å². The van der Waals surface area contributed by atoms with E-state index in [1.165, 1.54) is 0 Å². The van der Waals surface area contributed by atoms with E-state index < -0.39 is 7.12 Å². The normalized spacial score (nSPS) is 10.6. The number of rotatable bonds is 3. The molecular formula is C15H13BN2O3. The molecule has 2 N–H and O–H groups in total. The molecule has 0 saturated heterocycles. The number of nitrogens with zero attached hydrogens (tertiary/aromatic N) is 2. The van der Waals surface area contributed by atoms with Gasteiger partial charge in [0, 0.05) is 10.9 Å². The summed E-state index contributed by atoms with van der Waals surface area (Å²) in [5.74, 6) is 0.655. The molecule has 0 aliphatic heterocycles. The summed E-state index contributed by atoms with van der Waals surface area (Å²) in [5.41, 5.74) is 2.83. The molecule has 2 aromatic carbocycles. The highest BCUT2D eigenvalue weighted by Gasteiger charge is 2.15. The van der Waals surface area contributed by atoms with Gasteiger partial charge in [-0.05, 0) is 29.2 Å². The molecule has 0 saturated carbocycles. The third-order valence-electron chi connectivity index (χ3n) is 3.35. The van der Waals surface area contributed by atoms with Crippen LogP contribution in [0.15, 0.2) is 48.7 Å². The molecular weight excluding hydrogens is 267 g/mol. The van der Waals surface area contributed by atoms with Crippen molar-refractivity contribution in [3.63, 3.8) is 0 Å². The minimum absolute atomic E-state index is 0.407. The molecule has 0 aliphatic carbocycles. The van der Waals surface area contributed by atoms with Crippen LogP contribution in [0.5, 0.6) is 5.75 Å². The maximum atomic E-state index is 9.32. The number of hydrogen-bond donors (Lipinski definition) is 2. The lowest BCUT2D eigenvalue weighted by molar-refractivity contribution is 0.415. The van der Waals surface area contributed by atoms with Gasteiger partial charge in [0.25, 0.3) is 0 Å². The fraction of sp³-hybridized carbons (Fsp3) is 0.0667. The number of hydrogen-bond acceptors (Lipinski definition) is 5. The van der Waals surface area contributed by atoms with Crippen molar-refractivity contribution >= 4 is 23.5 Å². The van der Waals surface area contributed by atoms with E-state index in [2.05, 4.69) is 10.2 Å². The summed E-state index contributed by atoms with van der Waals surface area (Å²) in [6.07, 6.45) is 1.64. The van der Waals surface area contributed by atoms with Gasteiger partial charge in [-0.3, -0.25) is 0 Å². The van der Waals surface area contributed by atoms with Crippen LogP contribution in [0.4, 0.5) is 0 Å². The molecule has 104 valence electrons. The molecule has 1 aromatic heterocycles. The van der Waals surface area contributed by atoms with Crippen molar-refractivity contribution < 1.29 is 14.8 Å². The second-order valence-electron chi connectivity index (χ2n) is 4.64. The van der Waals surface area contributed by atoms with E-state index in [9.17, 15) is 10.0 Å². The molecule has 21 heavy (non-hydrogen) atoms. The van der Waals surface area contributed by atoms with Gasteiger partial charge in [0.2, 0.25) is 0 Å². The predicted octanol–water partition coefficient (Wildman–Crippen LogP) is 0.985. The Labute approximate surface area is 122 Å². The average Bonchev–Trinajstić information content (AvgIpc) is 2.53. The number of aromatic nitrogens is 2. The van der Waals surface area contributed by atoms with Gasteiger partial charge in [-0.2, -0.15) is 10.2 Å². The van der Waals surface area contributed by atoms with Crippen molar-refractivity contribution in [3.8, 4) is 16.9 Å². The molecule has 0 amide bonds. The maximum absolute atomic E-state index is 9.32. The van der Waals surface area contributed by atoms with Crippen LogP contribution >= 0.6 is 0 Å². The summed E-state index contributed by atoms with van der Waals surface area (Å²) in [7, 11) is 0.0595. The van der Waals surface area contributed by atoms with E-state index in [0.29, 0.717) is 11.2 Å². The number of ether oxygens (including phenoxy) is 1. The lowest BCUT2D eigenvalue weighted by Crippen LogP contribution is -2.29. The van der Waals surface area contributed by atoms with Gasteiger partial charge >= 0.3 is 7.12 Å². The minimum atomic E-state index is -1.52. The van der Waals surface area contributed by atoms with Crippen molar-refractivity contribution in [1.82, 2.24) is 10.2 Å². The zero-order chi connectivity index (χ0) is 14.8. The van der Waals surface area contributed by atoms with Crippen molar-refractivity contribution in [2.24, 2.45) is 0 Å². The average molecular weight is 280 g/mol. The molecule has 0 spiro atoms. The van der Waals surface area contributed by atoms with Crippen molar-refractivity contribution in [2.75, 3.05) is 7.11 Å². The summed E-state index contributed by atoms with van der Waals surface area (Å²) >= 11 is 0. The lowest BCUT2D eigenvalue weighted by atomic mass is 9.79. The Morgan fingerprint density at radius 2 is 1.90 bits per heavy atom. The first-order valence-corrected chi connectivity index (χ1v) is 6.45. The first-order valence-electron chi connectivity index (χ1n) is 6.45. The fourth-order valence-corrected chi connectivity index (χ4v) is 2.26. The molecule has 0 fully saturated rings. The van der Waals surface area contributed by atoms with Crippen molar-refractivity contribution in [2.45, 2.75) is 0 Å². The van der Waals surface area contributed by atoms with E-state index in [1.54, 1.807) is 31.5 Å². The van der Waals surface area contributed by atoms with Crippen LogP contribution in [0, 0.1) is 0 Å². The Morgan fingerprint density at radius 3 is 2.67 bits per heavy atom. The second kappa shape index (κ2) is 5.51. The molecule has 3 rings (SSSR count). The van der Waals surface area contributed by atoms with Crippen LogP contribution in [0.25, 0.3) is 22.0 Å². The third-order valence-corrected chi connectivity index (χ3v) is 3.35. The molecule has 0 bridgehead atoms. The summed E-state index contributed by atoms with van der Waals surface area (Å²) in [5, 5.41) is 27.6. The van der Waals surface area contributed by atoms with Crippen LogP contribution in [0.1, 0.15) is 0 Å². The standard InChI is InChI=1S/C15H13BN2O3/c1-21-15-5-4-12(16(19)20)9-13(15)11-3-2-10-6-7-17-18-14(10)8-11/h2-9,19-20H,1H3. The van der Waals surface area contributed by atoms with Crippen LogP contribution in [-0.2, 0) is 0 Å². The van der Waals surface area contributed by atoms with Gasteiger partial charge in [-0.25, -0.2) is 0 Å². The smallest absolute Gasteiger partial charge is 0.488 e. The van der Waals surface area contributed by atoms with Crippen molar-refractivity contribution in [3.05, 3.63) is 48.7 Å². The highest BCUT2D eigenvalue weighted by Crippen LogP contribution is 2.30. The second-order valence-corrected chi connectivity index (χ2v) is 4.64. The van der Waals surface area contributed by atoms with E-state index in [0.717, 1.165) is 22.0 Å². The monoisotopic (exact) mass is 280 g/mol. The molecule has 1 heterocycles. The third kappa shape index (κ3) is 2.59. The van der Waals surface area contributed by atoms with Gasteiger partial charge in [0.05, 0.1) is 18.8 Å². The lowest BCUT2D eigenvalue weighted by Gasteiger charge is -2.11. The topological polar surface area (TPSA) is 75.5 Å². The molecule has 0 aliphatic rings.